The molecule has 2 heteroatoms. The summed E-state index contributed by atoms with van der Waals surface area (Å²) in [5.74, 6) is 0.139. The van der Waals surface area contributed by atoms with Crippen LogP contribution in [0, 0.1) is 5.92 Å². The number of benzene rings is 1. The van der Waals surface area contributed by atoms with E-state index in [1.807, 2.05) is 0 Å². The van der Waals surface area contributed by atoms with Crippen molar-refractivity contribution in [2.75, 3.05) is 0 Å². The maximum absolute atomic E-state index is 10.8. The van der Waals surface area contributed by atoms with Gasteiger partial charge >= 0.3 is 0 Å². The molecule has 2 rings (SSSR count). The van der Waals surface area contributed by atoms with Gasteiger partial charge in [0.15, 0.2) is 0 Å². The van der Waals surface area contributed by atoms with E-state index in [-0.39, 0.29) is 5.92 Å². The Morgan fingerprint density at radius 3 is 2.44 bits per heavy atom. The van der Waals surface area contributed by atoms with Gasteiger partial charge < -0.3 is 4.79 Å². The van der Waals surface area contributed by atoms with Crippen LogP contribution in [0.5, 0.6) is 0 Å². The van der Waals surface area contributed by atoms with Gasteiger partial charge in [0, 0.05) is 5.92 Å². The summed E-state index contributed by atoms with van der Waals surface area (Å²) in [5.41, 5.74) is 3.90. The lowest BCUT2D eigenvalue weighted by Crippen LogP contribution is -2.18. The third-order valence-corrected chi connectivity index (χ3v) is 4.02. The van der Waals surface area contributed by atoms with E-state index in [0.29, 0.717) is 0 Å². The van der Waals surface area contributed by atoms with Crippen molar-refractivity contribution in [3.05, 3.63) is 45.4 Å². The monoisotopic (exact) mass is 278 g/mol. The molecule has 16 heavy (non-hydrogen) atoms. The van der Waals surface area contributed by atoms with E-state index < -0.39 is 0 Å². The number of halogens is 1. The molecular weight excluding hydrogens is 264 g/mol. The normalized spacial score (nSPS) is 19.5. The number of carbonyl (C=O) groups is 1. The van der Waals surface area contributed by atoms with Gasteiger partial charge in [0.25, 0.3) is 0 Å². The standard InChI is InChI=1S/C14H15BrO/c1-2-10-3-5-11(6-4-10)7-13-12(9-16)8-14(13)15/h3-6,9,12H,2,7-8H2,1H3/t12-/m1/s1. The molecule has 0 saturated carbocycles. The number of aryl methyl sites for hydroxylation is 1. The fourth-order valence-corrected chi connectivity index (χ4v) is 2.77. The van der Waals surface area contributed by atoms with Crippen LogP contribution in [0.1, 0.15) is 24.5 Å². The van der Waals surface area contributed by atoms with Gasteiger partial charge in [-0.25, -0.2) is 0 Å². The Balaban J connectivity index is 2.09. The molecule has 0 saturated heterocycles. The molecule has 1 aliphatic carbocycles. The minimum Gasteiger partial charge on any atom is -0.303 e. The Morgan fingerprint density at radius 2 is 1.94 bits per heavy atom. The molecule has 1 atom stereocenters. The molecule has 1 nitrogen and oxygen atoms in total. The molecule has 0 fully saturated rings. The zero-order valence-corrected chi connectivity index (χ0v) is 11.0. The second-order valence-corrected chi connectivity index (χ2v) is 5.18. The molecule has 0 aromatic heterocycles. The summed E-state index contributed by atoms with van der Waals surface area (Å²) in [6.07, 6.45) is 3.91. The van der Waals surface area contributed by atoms with Gasteiger partial charge in [-0.05, 0) is 40.4 Å². The summed E-state index contributed by atoms with van der Waals surface area (Å²) in [6.45, 7) is 2.16. The predicted octanol–water partition coefficient (Wildman–Crippen LogP) is 3.66. The van der Waals surface area contributed by atoms with Crippen molar-refractivity contribution in [1.29, 1.82) is 0 Å². The van der Waals surface area contributed by atoms with Crippen LogP contribution >= 0.6 is 15.9 Å². The summed E-state index contributed by atoms with van der Waals surface area (Å²) in [7, 11) is 0. The predicted molar refractivity (Wildman–Crippen MR) is 69.6 cm³/mol. The number of aldehydes is 1. The third kappa shape index (κ3) is 2.27. The van der Waals surface area contributed by atoms with Crippen LogP contribution in [0.25, 0.3) is 0 Å². The Labute approximate surface area is 105 Å². The summed E-state index contributed by atoms with van der Waals surface area (Å²) >= 11 is 3.51. The first kappa shape index (κ1) is 11.6. The molecule has 0 aliphatic heterocycles. The highest BCUT2D eigenvalue weighted by molar-refractivity contribution is 9.11. The summed E-state index contributed by atoms with van der Waals surface area (Å²) in [6, 6.07) is 8.65. The zero-order valence-electron chi connectivity index (χ0n) is 9.37. The van der Waals surface area contributed by atoms with Gasteiger partial charge in [-0.2, -0.15) is 0 Å². The summed E-state index contributed by atoms with van der Waals surface area (Å²) in [5, 5.41) is 0. The summed E-state index contributed by atoms with van der Waals surface area (Å²) < 4.78 is 1.21. The van der Waals surface area contributed by atoms with Crippen LogP contribution in [0.3, 0.4) is 0 Å². The first-order valence-electron chi connectivity index (χ1n) is 5.65. The third-order valence-electron chi connectivity index (χ3n) is 3.19. The molecule has 0 spiro atoms. The number of allylic oxidation sites excluding steroid dienone is 2. The van der Waals surface area contributed by atoms with Crippen molar-refractivity contribution in [3.63, 3.8) is 0 Å². The van der Waals surface area contributed by atoms with Gasteiger partial charge in [-0.1, -0.05) is 47.1 Å². The van der Waals surface area contributed by atoms with Crippen LogP contribution in [0.4, 0.5) is 0 Å². The fourth-order valence-electron chi connectivity index (χ4n) is 1.99. The van der Waals surface area contributed by atoms with Crippen molar-refractivity contribution in [1.82, 2.24) is 0 Å². The van der Waals surface area contributed by atoms with Crippen molar-refractivity contribution < 1.29 is 4.79 Å². The number of rotatable bonds is 4. The smallest absolute Gasteiger partial charge is 0.127 e. The van der Waals surface area contributed by atoms with Crippen LogP contribution < -0.4 is 0 Å². The lowest BCUT2D eigenvalue weighted by molar-refractivity contribution is -0.110. The first-order chi connectivity index (χ1) is 7.74. The molecule has 0 N–H and O–H groups in total. The number of carbonyl (C=O) groups excluding carboxylic acids is 1. The van der Waals surface area contributed by atoms with E-state index >= 15 is 0 Å². The molecule has 1 aromatic rings. The lowest BCUT2D eigenvalue weighted by Gasteiger charge is -2.26. The Bertz CT molecular complexity index is 417. The molecule has 1 aromatic carbocycles. The quantitative estimate of drug-likeness (QED) is 0.769. The average Bonchev–Trinajstić information content (AvgIpc) is 2.33. The van der Waals surface area contributed by atoms with Crippen LogP contribution in [-0.4, -0.2) is 6.29 Å². The van der Waals surface area contributed by atoms with E-state index in [0.717, 1.165) is 25.5 Å². The van der Waals surface area contributed by atoms with Crippen LogP contribution in [-0.2, 0) is 17.6 Å². The lowest BCUT2D eigenvalue weighted by atomic mass is 9.82. The maximum atomic E-state index is 10.8. The molecule has 0 amide bonds. The van der Waals surface area contributed by atoms with Crippen molar-refractivity contribution in [2.24, 2.45) is 5.92 Å². The van der Waals surface area contributed by atoms with Crippen molar-refractivity contribution in [2.45, 2.75) is 26.2 Å². The Kier molecular flexibility index (Phi) is 3.59. The van der Waals surface area contributed by atoms with Crippen molar-refractivity contribution in [3.8, 4) is 0 Å². The van der Waals surface area contributed by atoms with E-state index in [4.69, 9.17) is 0 Å². The second kappa shape index (κ2) is 4.96. The molecule has 1 aliphatic rings. The molecule has 0 radical (unpaired) electrons. The molecular formula is C14H15BrO. The molecule has 84 valence electrons. The van der Waals surface area contributed by atoms with E-state index in [2.05, 4.69) is 47.1 Å². The second-order valence-electron chi connectivity index (χ2n) is 4.22. The summed E-state index contributed by atoms with van der Waals surface area (Å²) in [4.78, 5) is 10.8. The highest BCUT2D eigenvalue weighted by Crippen LogP contribution is 2.39. The van der Waals surface area contributed by atoms with Gasteiger partial charge in [0.2, 0.25) is 0 Å². The molecule has 0 unspecified atom stereocenters. The zero-order chi connectivity index (χ0) is 11.5. The molecule has 0 bridgehead atoms. The van der Waals surface area contributed by atoms with Gasteiger partial charge in [0.1, 0.15) is 6.29 Å². The topological polar surface area (TPSA) is 17.1 Å². The van der Waals surface area contributed by atoms with Gasteiger partial charge in [0.05, 0.1) is 0 Å². The SMILES string of the molecule is CCc1ccc(CC2=C(Br)C[C@@H]2C=O)cc1. The number of hydrogen-bond acceptors (Lipinski definition) is 1. The van der Waals surface area contributed by atoms with Gasteiger partial charge in [-0.3, -0.25) is 0 Å². The average molecular weight is 279 g/mol. The Morgan fingerprint density at radius 1 is 1.31 bits per heavy atom. The fraction of sp³-hybridized carbons (Fsp3) is 0.357. The van der Waals surface area contributed by atoms with E-state index in [9.17, 15) is 4.79 Å². The minimum atomic E-state index is 0.139. The maximum Gasteiger partial charge on any atom is 0.127 e. The van der Waals surface area contributed by atoms with Crippen LogP contribution in [0.2, 0.25) is 0 Å². The number of hydrogen-bond donors (Lipinski definition) is 0. The van der Waals surface area contributed by atoms with E-state index in [1.54, 1.807) is 0 Å². The largest absolute Gasteiger partial charge is 0.303 e. The van der Waals surface area contributed by atoms with Crippen molar-refractivity contribution >= 4 is 22.2 Å². The van der Waals surface area contributed by atoms with Crippen LogP contribution in [0.15, 0.2) is 34.3 Å². The highest BCUT2D eigenvalue weighted by atomic mass is 79.9. The first-order valence-corrected chi connectivity index (χ1v) is 6.44. The highest BCUT2D eigenvalue weighted by Gasteiger charge is 2.27. The Hall–Kier alpha value is -0.890. The minimum absolute atomic E-state index is 0.139. The molecule has 0 heterocycles. The van der Waals surface area contributed by atoms with E-state index in [1.165, 1.54) is 21.2 Å². The van der Waals surface area contributed by atoms with Gasteiger partial charge in [-0.15, -0.1) is 0 Å².